The predicted molar refractivity (Wildman–Crippen MR) is 138 cm³/mol. The van der Waals surface area contributed by atoms with Gasteiger partial charge in [-0.2, -0.15) is 19.6 Å². The Morgan fingerprint density at radius 3 is 2.62 bits per heavy atom. The van der Waals surface area contributed by atoms with Crippen LogP contribution in [-0.4, -0.2) is 58.1 Å². The van der Waals surface area contributed by atoms with Gasteiger partial charge in [0, 0.05) is 48.2 Å². The zero-order valence-corrected chi connectivity index (χ0v) is 20.7. The Kier molecular flexibility index (Phi) is 4.96. The van der Waals surface area contributed by atoms with E-state index < -0.39 is 10.0 Å². The van der Waals surface area contributed by atoms with Crippen molar-refractivity contribution in [3.05, 3.63) is 65.9 Å². The first-order valence-electron chi connectivity index (χ1n) is 12.4. The summed E-state index contributed by atoms with van der Waals surface area (Å²) in [5, 5.41) is 21.2. The van der Waals surface area contributed by atoms with Crippen molar-refractivity contribution in [3.8, 4) is 6.07 Å². The number of nitrogens with zero attached hydrogens (tertiary/aromatic N) is 6. The van der Waals surface area contributed by atoms with E-state index in [0.717, 1.165) is 16.6 Å². The minimum Gasteiger partial charge on any atom is -0.335 e. The van der Waals surface area contributed by atoms with E-state index in [-0.39, 0.29) is 22.5 Å². The molecule has 4 heterocycles. The number of sulfonamides is 1. The van der Waals surface area contributed by atoms with Gasteiger partial charge in [-0.25, -0.2) is 13.4 Å². The van der Waals surface area contributed by atoms with Crippen LogP contribution in [0.4, 0.5) is 17.6 Å². The van der Waals surface area contributed by atoms with Crippen molar-refractivity contribution in [2.45, 2.75) is 42.2 Å². The van der Waals surface area contributed by atoms with E-state index in [9.17, 15) is 13.7 Å². The van der Waals surface area contributed by atoms with Crippen molar-refractivity contribution in [2.75, 3.05) is 23.3 Å². The maximum atomic E-state index is 13.4. The normalized spacial score (nSPS) is 21.4. The number of H-pyrrole nitrogens is 1. The molecule has 2 unspecified atom stereocenters. The predicted octanol–water partition coefficient (Wildman–Crippen LogP) is 3.50. The van der Waals surface area contributed by atoms with Crippen molar-refractivity contribution in [1.82, 2.24) is 24.5 Å². The number of rotatable bonds is 6. The Morgan fingerprint density at radius 1 is 1.03 bits per heavy atom. The van der Waals surface area contributed by atoms with Crippen LogP contribution in [0.2, 0.25) is 0 Å². The van der Waals surface area contributed by atoms with Gasteiger partial charge in [0.2, 0.25) is 16.0 Å². The molecule has 2 aromatic carbocycles. The lowest BCUT2D eigenvalue weighted by molar-refractivity contribution is 0.367. The summed E-state index contributed by atoms with van der Waals surface area (Å²) >= 11 is 0. The molecule has 0 amide bonds. The number of piperazine rings is 1. The number of para-hydroxylation sites is 1. The molecule has 3 aliphatic rings. The van der Waals surface area contributed by atoms with E-state index in [1.54, 1.807) is 12.1 Å². The molecule has 2 N–H and O–H groups in total. The van der Waals surface area contributed by atoms with E-state index in [2.05, 4.69) is 20.4 Å². The molecule has 37 heavy (non-hydrogen) atoms. The Hall–Kier alpha value is -4.01. The fraction of sp³-hybridized carbons (Fsp3) is 0.308. The van der Waals surface area contributed by atoms with Crippen LogP contribution in [0.25, 0.3) is 10.9 Å². The molecule has 2 aromatic heterocycles. The number of benzene rings is 2. The number of anilines is 3. The maximum Gasteiger partial charge on any atom is 0.244 e. The Morgan fingerprint density at radius 2 is 1.84 bits per heavy atom. The Labute approximate surface area is 214 Å². The van der Waals surface area contributed by atoms with E-state index in [4.69, 9.17) is 9.97 Å². The molecule has 0 spiro atoms. The average Bonchev–Trinajstić information content (AvgIpc) is 3.32. The van der Waals surface area contributed by atoms with Crippen molar-refractivity contribution in [3.63, 3.8) is 0 Å². The van der Waals surface area contributed by atoms with E-state index >= 15 is 0 Å². The van der Waals surface area contributed by atoms with Crippen molar-refractivity contribution in [2.24, 2.45) is 0 Å². The highest BCUT2D eigenvalue weighted by Crippen LogP contribution is 2.40. The molecule has 7 rings (SSSR count). The van der Waals surface area contributed by atoms with E-state index in [1.807, 2.05) is 36.4 Å². The quantitative estimate of drug-likeness (QED) is 0.401. The largest absolute Gasteiger partial charge is 0.335 e. The summed E-state index contributed by atoms with van der Waals surface area (Å²) in [6, 6.07) is 18.0. The molecule has 2 aliphatic heterocycles. The Bertz CT molecular complexity index is 1670. The van der Waals surface area contributed by atoms with Gasteiger partial charge < -0.3 is 10.2 Å². The number of aromatic amines is 1. The fourth-order valence-electron chi connectivity index (χ4n) is 5.49. The molecule has 2 bridgehead atoms. The second-order valence-electron chi connectivity index (χ2n) is 9.88. The van der Waals surface area contributed by atoms with Crippen LogP contribution in [0.3, 0.4) is 0 Å². The van der Waals surface area contributed by atoms with Crippen molar-refractivity contribution < 1.29 is 8.42 Å². The molecule has 11 heteroatoms. The lowest BCUT2D eigenvalue weighted by Crippen LogP contribution is -2.49. The van der Waals surface area contributed by atoms with Gasteiger partial charge in [0.15, 0.2) is 5.82 Å². The van der Waals surface area contributed by atoms with E-state index in [0.29, 0.717) is 43.0 Å². The second-order valence-corrected chi connectivity index (χ2v) is 11.7. The van der Waals surface area contributed by atoms with Gasteiger partial charge in [0.25, 0.3) is 0 Å². The molecule has 1 aliphatic carbocycles. The van der Waals surface area contributed by atoms with Crippen LogP contribution in [0.5, 0.6) is 0 Å². The first-order chi connectivity index (χ1) is 18.0. The van der Waals surface area contributed by atoms with Gasteiger partial charge in [-0.3, -0.25) is 5.10 Å². The first kappa shape index (κ1) is 22.2. The number of nitrogens with one attached hydrogen (secondary N) is 2. The number of fused-ring (bicyclic) bond motifs is 3. The lowest BCUT2D eigenvalue weighted by atomic mass is 10.2. The van der Waals surface area contributed by atoms with Crippen LogP contribution in [0.1, 0.15) is 36.4 Å². The van der Waals surface area contributed by atoms with Crippen LogP contribution in [-0.2, 0) is 10.0 Å². The van der Waals surface area contributed by atoms with E-state index in [1.165, 1.54) is 29.3 Å². The van der Waals surface area contributed by atoms with Gasteiger partial charge in [0.1, 0.15) is 11.9 Å². The fourth-order valence-corrected chi connectivity index (χ4v) is 7.30. The third-order valence-corrected chi connectivity index (χ3v) is 9.47. The minimum absolute atomic E-state index is 0.0464. The smallest absolute Gasteiger partial charge is 0.244 e. The highest BCUT2D eigenvalue weighted by atomic mass is 32.2. The third kappa shape index (κ3) is 3.72. The molecule has 2 atom stereocenters. The zero-order chi connectivity index (χ0) is 25.1. The highest BCUT2D eigenvalue weighted by Gasteiger charge is 2.49. The molecule has 10 nitrogen and oxygen atoms in total. The minimum atomic E-state index is -3.78. The van der Waals surface area contributed by atoms with Crippen LogP contribution in [0, 0.1) is 11.3 Å². The molecule has 4 aromatic rings. The summed E-state index contributed by atoms with van der Waals surface area (Å²) in [7, 11) is -3.78. The standard InChI is InChI=1S/C26H24N8O2S/c27-13-17-5-1-4-8-23(17)37(35,36)34-15-18-11-19(34)14-33(18)26-28-21-7-3-2-6-20(21)25(30-26)29-24-12-22(31-32-24)16-9-10-16/h1-8,12,16,18-19H,9-11,14-15H2,(H2,28,29,30,31,32). The third-order valence-electron chi connectivity index (χ3n) is 7.49. The second kappa shape index (κ2) is 8.26. The van der Waals surface area contributed by atoms with Crippen LogP contribution < -0.4 is 10.2 Å². The van der Waals surface area contributed by atoms with Gasteiger partial charge >= 0.3 is 0 Å². The summed E-state index contributed by atoms with van der Waals surface area (Å²) in [5.74, 6) is 2.53. The van der Waals surface area contributed by atoms with Crippen LogP contribution >= 0.6 is 0 Å². The van der Waals surface area contributed by atoms with Gasteiger partial charge in [-0.05, 0) is 43.5 Å². The molecular weight excluding hydrogens is 488 g/mol. The lowest BCUT2D eigenvalue weighted by Gasteiger charge is -2.33. The first-order valence-corrected chi connectivity index (χ1v) is 13.8. The van der Waals surface area contributed by atoms with Gasteiger partial charge in [0.05, 0.1) is 16.0 Å². The summed E-state index contributed by atoms with van der Waals surface area (Å²) < 4.78 is 28.4. The number of hydrogen-bond donors (Lipinski definition) is 2. The van der Waals surface area contributed by atoms with Gasteiger partial charge in [-0.1, -0.05) is 24.3 Å². The summed E-state index contributed by atoms with van der Waals surface area (Å²) in [6.45, 7) is 0.820. The number of hydrogen-bond acceptors (Lipinski definition) is 8. The van der Waals surface area contributed by atoms with Crippen LogP contribution in [0.15, 0.2) is 59.5 Å². The zero-order valence-electron chi connectivity index (χ0n) is 19.9. The molecule has 2 saturated heterocycles. The number of nitriles is 1. The monoisotopic (exact) mass is 512 g/mol. The molecule has 1 saturated carbocycles. The Balaban J connectivity index is 1.18. The maximum absolute atomic E-state index is 13.4. The molecular formula is C26H24N8O2S. The van der Waals surface area contributed by atoms with Crippen molar-refractivity contribution >= 4 is 38.5 Å². The molecule has 3 fully saturated rings. The SMILES string of the molecule is N#Cc1ccccc1S(=O)(=O)N1CC2CC1CN2c1nc(Nc2cc(C3CC3)[nH]n2)c2ccccc2n1. The summed E-state index contributed by atoms with van der Waals surface area (Å²) in [5.41, 5.74) is 2.11. The summed E-state index contributed by atoms with van der Waals surface area (Å²) in [4.78, 5) is 11.9. The van der Waals surface area contributed by atoms with Gasteiger partial charge in [-0.15, -0.1) is 0 Å². The summed E-state index contributed by atoms with van der Waals surface area (Å²) in [6.07, 6.45) is 3.07. The highest BCUT2D eigenvalue weighted by molar-refractivity contribution is 7.89. The number of aromatic nitrogens is 4. The molecule has 0 radical (unpaired) electrons. The average molecular weight is 513 g/mol. The van der Waals surface area contributed by atoms with Crippen molar-refractivity contribution in [1.29, 1.82) is 5.26 Å². The molecule has 186 valence electrons. The topological polar surface area (TPSA) is 131 Å².